The second-order valence-corrected chi connectivity index (χ2v) is 13.7. The van der Waals surface area contributed by atoms with E-state index in [0.29, 0.717) is 11.1 Å². The molecule has 0 aliphatic carbocycles. The predicted molar refractivity (Wildman–Crippen MR) is 186 cm³/mol. The highest BCUT2D eigenvalue weighted by molar-refractivity contribution is 5.87. The molecule has 0 amide bonds. The van der Waals surface area contributed by atoms with E-state index in [1.807, 2.05) is 0 Å². The molecule has 19 nitrogen and oxygen atoms in total. The molecule has 0 radical (unpaired) electrons. The quantitative estimate of drug-likeness (QED) is 0.0647. The maximum Gasteiger partial charge on any atom is 0.331 e. The van der Waals surface area contributed by atoms with Crippen molar-refractivity contribution < 1.29 is 93.4 Å². The van der Waals surface area contributed by atoms with Crippen LogP contribution >= 0.6 is 0 Å². The van der Waals surface area contributed by atoms with Gasteiger partial charge in [0.2, 0.25) is 0 Å². The molecule has 3 fully saturated rings. The van der Waals surface area contributed by atoms with Gasteiger partial charge >= 0.3 is 11.9 Å². The fourth-order valence-corrected chi connectivity index (χ4v) is 6.32. The smallest absolute Gasteiger partial charge is 0.331 e. The Labute approximate surface area is 320 Å². The maximum atomic E-state index is 13.5. The summed E-state index contributed by atoms with van der Waals surface area (Å²) in [7, 11) is 0. The lowest BCUT2D eigenvalue weighted by molar-refractivity contribution is -0.364. The molecule has 310 valence electrons. The Balaban J connectivity index is 1.49. The number of esters is 2. The van der Waals surface area contributed by atoms with Crippen LogP contribution in [0, 0.1) is 0 Å². The summed E-state index contributed by atoms with van der Waals surface area (Å²) in [5.74, 6) is -2.59. The minimum absolute atomic E-state index is 0.0102. The predicted octanol–water partition coefficient (Wildman–Crippen LogP) is -1.30. The van der Waals surface area contributed by atoms with E-state index < -0.39 is 111 Å². The molecule has 0 spiro atoms. The van der Waals surface area contributed by atoms with Crippen LogP contribution in [0.2, 0.25) is 0 Å². The SMILES string of the molecule is CC(=O)O[C@H]1[C@H](OCCc2ccc(O)c(O)c2)O[C@H](CO[C@@H]2O[C@@H](C)[C@H](O)[C@@H](O)[C@H]2O)[C@@H](OC(=O)/C=C/c2ccc(O)cc2)[C@@H]1O[C@@H]1O[C@@H](C)[C@H](O)[C@@H](O)[C@H]1O. The number of aromatic hydroxyl groups is 3. The normalized spacial score (nSPS) is 36.3. The van der Waals surface area contributed by atoms with Gasteiger partial charge in [0.15, 0.2) is 42.6 Å². The van der Waals surface area contributed by atoms with E-state index in [1.165, 1.54) is 62.4 Å². The van der Waals surface area contributed by atoms with Gasteiger partial charge in [0.25, 0.3) is 0 Å². The molecule has 3 aliphatic rings. The number of phenolic OH excluding ortho intramolecular Hbond substituents is 3. The summed E-state index contributed by atoms with van der Waals surface area (Å²) in [6.07, 6.45) is -20.7. The Kier molecular flexibility index (Phi) is 14.6. The van der Waals surface area contributed by atoms with Crippen LogP contribution in [0.5, 0.6) is 17.2 Å². The van der Waals surface area contributed by atoms with Gasteiger partial charge in [0, 0.05) is 13.0 Å². The van der Waals surface area contributed by atoms with Crippen molar-refractivity contribution in [3.63, 3.8) is 0 Å². The van der Waals surface area contributed by atoms with Crippen molar-refractivity contribution in [1.29, 1.82) is 0 Å². The molecule has 3 heterocycles. The molecule has 2 aromatic rings. The van der Waals surface area contributed by atoms with Crippen LogP contribution in [-0.4, -0.2) is 163 Å². The molecule has 5 rings (SSSR count). The number of aliphatic hydroxyl groups excluding tert-OH is 6. The number of aliphatic hydroxyl groups is 6. The van der Waals surface area contributed by atoms with Gasteiger partial charge in [0.05, 0.1) is 25.4 Å². The molecule has 15 atom stereocenters. The number of hydrogen-bond acceptors (Lipinski definition) is 19. The Morgan fingerprint density at radius 2 is 1.30 bits per heavy atom. The van der Waals surface area contributed by atoms with Crippen LogP contribution in [-0.2, 0) is 53.9 Å². The third kappa shape index (κ3) is 10.5. The fraction of sp³-hybridized carbons (Fsp3) is 0.568. The van der Waals surface area contributed by atoms with E-state index >= 15 is 0 Å². The standard InChI is InChI=1S/C37H48O19/c1-16-26(43)28(45)30(47)35(51-16)50-15-24-32(55-25(42)11-7-19-4-8-21(39)9-5-19)33(56-36-31(48)29(46)27(44)17(2)52-36)34(53-18(3)38)37(54-24)49-13-12-20-6-10-22(40)23(41)14-20/h4-11,14,16-17,24,26-37,39-41,43-48H,12-13,15H2,1-3H3/b11-7+/t16-,17-,24+,26-,27-,28+,29+,30+,31+,32+,33-,34+,35+,36-,37+/m0/s1. The molecule has 2 aromatic carbocycles. The van der Waals surface area contributed by atoms with Crippen LogP contribution in [0.4, 0.5) is 0 Å². The molecular weight excluding hydrogens is 748 g/mol. The zero-order valence-corrected chi connectivity index (χ0v) is 30.6. The first-order valence-corrected chi connectivity index (χ1v) is 17.8. The van der Waals surface area contributed by atoms with Crippen LogP contribution in [0.1, 0.15) is 31.9 Å². The van der Waals surface area contributed by atoms with Crippen LogP contribution in [0.15, 0.2) is 48.5 Å². The van der Waals surface area contributed by atoms with E-state index in [-0.39, 0.29) is 30.3 Å². The highest BCUT2D eigenvalue weighted by Gasteiger charge is 2.55. The molecule has 3 saturated heterocycles. The topological polar surface area (TPSA) is 290 Å². The number of rotatable bonds is 13. The third-order valence-electron chi connectivity index (χ3n) is 9.50. The molecule has 0 aromatic heterocycles. The summed E-state index contributed by atoms with van der Waals surface area (Å²) in [6.45, 7) is 3.15. The van der Waals surface area contributed by atoms with Crippen LogP contribution in [0.3, 0.4) is 0 Å². The molecule has 56 heavy (non-hydrogen) atoms. The van der Waals surface area contributed by atoms with Gasteiger partial charge in [-0.2, -0.15) is 0 Å². The number of carbonyl (C=O) groups is 2. The van der Waals surface area contributed by atoms with Gasteiger partial charge in [-0.05, 0) is 61.7 Å². The largest absolute Gasteiger partial charge is 0.508 e. The summed E-state index contributed by atoms with van der Waals surface area (Å²) in [4.78, 5) is 26.0. The summed E-state index contributed by atoms with van der Waals surface area (Å²) in [5.41, 5.74) is 1.03. The first kappa shape index (κ1) is 43.2. The number of carbonyl (C=O) groups excluding carboxylic acids is 2. The molecule has 0 bridgehead atoms. The van der Waals surface area contributed by atoms with Crippen molar-refractivity contribution in [2.75, 3.05) is 13.2 Å². The summed E-state index contributed by atoms with van der Waals surface area (Å²) in [6, 6.07) is 9.94. The van der Waals surface area contributed by atoms with Crippen molar-refractivity contribution in [2.24, 2.45) is 0 Å². The van der Waals surface area contributed by atoms with E-state index in [0.717, 1.165) is 13.0 Å². The Morgan fingerprint density at radius 1 is 0.679 bits per heavy atom. The Bertz CT molecular complexity index is 1640. The highest BCUT2D eigenvalue weighted by Crippen LogP contribution is 2.34. The molecule has 0 unspecified atom stereocenters. The van der Waals surface area contributed by atoms with E-state index in [9.17, 15) is 55.5 Å². The van der Waals surface area contributed by atoms with Crippen LogP contribution in [0.25, 0.3) is 6.08 Å². The summed E-state index contributed by atoms with van der Waals surface area (Å²) < 4.78 is 47.0. The minimum atomic E-state index is -1.87. The van der Waals surface area contributed by atoms with Crippen molar-refractivity contribution in [3.8, 4) is 17.2 Å². The maximum absolute atomic E-state index is 13.5. The van der Waals surface area contributed by atoms with Crippen molar-refractivity contribution in [2.45, 2.75) is 119 Å². The summed E-state index contributed by atoms with van der Waals surface area (Å²) in [5, 5.41) is 92.3. The first-order chi connectivity index (χ1) is 26.5. The monoisotopic (exact) mass is 796 g/mol. The van der Waals surface area contributed by atoms with Gasteiger partial charge < -0.3 is 83.9 Å². The van der Waals surface area contributed by atoms with Gasteiger partial charge in [-0.25, -0.2) is 4.79 Å². The van der Waals surface area contributed by atoms with Crippen LogP contribution < -0.4 is 0 Å². The van der Waals surface area contributed by atoms with E-state index in [2.05, 4.69) is 0 Å². The summed E-state index contributed by atoms with van der Waals surface area (Å²) >= 11 is 0. The van der Waals surface area contributed by atoms with Gasteiger partial charge in [-0.15, -0.1) is 0 Å². The van der Waals surface area contributed by atoms with Crippen molar-refractivity contribution in [1.82, 2.24) is 0 Å². The number of benzene rings is 2. The van der Waals surface area contributed by atoms with Crippen molar-refractivity contribution in [3.05, 3.63) is 59.7 Å². The number of hydrogen-bond donors (Lipinski definition) is 9. The molecule has 19 heteroatoms. The zero-order chi connectivity index (χ0) is 40.8. The lowest BCUT2D eigenvalue weighted by Gasteiger charge is -2.48. The molecular formula is C37H48O19. The average Bonchev–Trinajstić information content (AvgIpc) is 3.16. The molecule has 9 N–H and O–H groups in total. The third-order valence-corrected chi connectivity index (χ3v) is 9.50. The number of phenols is 3. The lowest BCUT2D eigenvalue weighted by Crippen LogP contribution is -2.66. The molecule has 3 aliphatic heterocycles. The van der Waals surface area contributed by atoms with Gasteiger partial charge in [-0.3, -0.25) is 4.79 Å². The fourth-order valence-electron chi connectivity index (χ4n) is 6.32. The first-order valence-electron chi connectivity index (χ1n) is 17.8. The second-order valence-electron chi connectivity index (χ2n) is 13.7. The lowest BCUT2D eigenvalue weighted by atomic mass is 9.96. The molecule has 0 saturated carbocycles. The van der Waals surface area contributed by atoms with Gasteiger partial charge in [0.1, 0.15) is 54.6 Å². The Hall–Kier alpha value is -3.96. The zero-order valence-electron chi connectivity index (χ0n) is 30.6. The van der Waals surface area contributed by atoms with Crippen molar-refractivity contribution >= 4 is 18.0 Å². The second kappa shape index (κ2) is 19.0. The Morgan fingerprint density at radius 3 is 1.93 bits per heavy atom. The minimum Gasteiger partial charge on any atom is -0.508 e. The number of ether oxygens (including phenoxy) is 8. The van der Waals surface area contributed by atoms with E-state index in [1.54, 1.807) is 0 Å². The average molecular weight is 797 g/mol. The van der Waals surface area contributed by atoms with Gasteiger partial charge in [-0.1, -0.05) is 18.2 Å². The highest BCUT2D eigenvalue weighted by atomic mass is 16.8. The van der Waals surface area contributed by atoms with E-state index in [4.69, 9.17) is 37.9 Å².